The van der Waals surface area contributed by atoms with Crippen LogP contribution in [0.25, 0.3) is 0 Å². The van der Waals surface area contributed by atoms with Crippen molar-refractivity contribution >= 4 is 29.1 Å². The van der Waals surface area contributed by atoms with Gasteiger partial charge in [-0.05, 0) is 25.1 Å². The number of amides is 1. The normalized spacial score (nSPS) is 12.0. The number of alkyl halides is 1. The molecule has 16 heavy (non-hydrogen) atoms. The smallest absolute Gasteiger partial charge is 0.255 e. The molecule has 0 aliphatic carbocycles. The number of benzene rings is 1. The molecule has 1 rings (SSSR count). The van der Waals surface area contributed by atoms with E-state index in [-0.39, 0.29) is 11.3 Å². The fourth-order valence-electron chi connectivity index (χ4n) is 1.18. The average Bonchev–Trinajstić information content (AvgIpc) is 2.25. The van der Waals surface area contributed by atoms with Crippen LogP contribution in [0.2, 0.25) is 5.02 Å². The molecule has 0 radical (unpaired) electrons. The molecule has 0 saturated heterocycles. The predicted molar refractivity (Wildman–Crippen MR) is 65.7 cm³/mol. The first-order valence-corrected chi connectivity index (χ1v) is 5.62. The molecule has 0 bridgehead atoms. The lowest BCUT2D eigenvalue weighted by Gasteiger charge is -2.10. The first kappa shape index (κ1) is 13.1. The Labute approximate surface area is 105 Å². The number of nitrogens with one attached hydrogen (secondary N) is 1. The topological polar surface area (TPSA) is 38.3 Å². The Bertz CT molecular complexity index is 380. The molecule has 1 N–H and O–H groups in total. The molecule has 1 unspecified atom stereocenters. The summed E-state index contributed by atoms with van der Waals surface area (Å²) in [6.07, 6.45) is 0. The van der Waals surface area contributed by atoms with Gasteiger partial charge in [-0.1, -0.05) is 11.6 Å². The summed E-state index contributed by atoms with van der Waals surface area (Å²) in [6, 6.07) is 4.86. The SMILES string of the molecule is COc1cc(Cl)ccc1C(=O)NCC(C)Cl. The Hall–Kier alpha value is -0.930. The van der Waals surface area contributed by atoms with Crippen LogP contribution in [0.15, 0.2) is 18.2 Å². The van der Waals surface area contributed by atoms with E-state index < -0.39 is 0 Å². The van der Waals surface area contributed by atoms with Gasteiger partial charge in [-0.2, -0.15) is 0 Å². The van der Waals surface area contributed by atoms with Gasteiger partial charge < -0.3 is 10.1 Å². The highest BCUT2D eigenvalue weighted by Gasteiger charge is 2.12. The molecule has 1 aromatic rings. The van der Waals surface area contributed by atoms with Crippen LogP contribution < -0.4 is 10.1 Å². The van der Waals surface area contributed by atoms with E-state index in [1.165, 1.54) is 7.11 Å². The van der Waals surface area contributed by atoms with Gasteiger partial charge in [0, 0.05) is 16.9 Å². The monoisotopic (exact) mass is 261 g/mol. The Kier molecular flexibility index (Phi) is 4.90. The second-order valence-electron chi connectivity index (χ2n) is 3.34. The number of carbonyl (C=O) groups excluding carboxylic acids is 1. The molecule has 1 aromatic carbocycles. The van der Waals surface area contributed by atoms with Crippen LogP contribution >= 0.6 is 23.2 Å². The molecule has 1 atom stereocenters. The van der Waals surface area contributed by atoms with Crippen molar-refractivity contribution in [3.63, 3.8) is 0 Å². The number of hydrogen-bond donors (Lipinski definition) is 1. The Morgan fingerprint density at radius 2 is 2.25 bits per heavy atom. The van der Waals surface area contributed by atoms with Gasteiger partial charge in [-0.15, -0.1) is 11.6 Å². The molecule has 1 amide bonds. The lowest BCUT2D eigenvalue weighted by molar-refractivity contribution is 0.0951. The maximum atomic E-state index is 11.7. The quantitative estimate of drug-likeness (QED) is 0.847. The van der Waals surface area contributed by atoms with Gasteiger partial charge >= 0.3 is 0 Å². The van der Waals surface area contributed by atoms with Gasteiger partial charge in [0.15, 0.2) is 0 Å². The zero-order valence-electron chi connectivity index (χ0n) is 9.09. The van der Waals surface area contributed by atoms with E-state index in [2.05, 4.69) is 5.32 Å². The fourth-order valence-corrected chi connectivity index (χ4v) is 1.42. The van der Waals surface area contributed by atoms with E-state index in [0.29, 0.717) is 22.9 Å². The third-order valence-electron chi connectivity index (χ3n) is 1.95. The van der Waals surface area contributed by atoms with Gasteiger partial charge in [0.25, 0.3) is 5.91 Å². The second kappa shape index (κ2) is 5.97. The maximum absolute atomic E-state index is 11.7. The van der Waals surface area contributed by atoms with E-state index in [0.717, 1.165) is 0 Å². The third-order valence-corrected chi connectivity index (χ3v) is 2.34. The van der Waals surface area contributed by atoms with E-state index >= 15 is 0 Å². The van der Waals surface area contributed by atoms with Crippen molar-refractivity contribution in [2.24, 2.45) is 0 Å². The minimum Gasteiger partial charge on any atom is -0.496 e. The van der Waals surface area contributed by atoms with Crippen molar-refractivity contribution < 1.29 is 9.53 Å². The first-order chi connectivity index (χ1) is 7.54. The van der Waals surface area contributed by atoms with Crippen molar-refractivity contribution in [1.29, 1.82) is 0 Å². The first-order valence-electron chi connectivity index (χ1n) is 4.80. The van der Waals surface area contributed by atoms with E-state index in [4.69, 9.17) is 27.9 Å². The number of methoxy groups -OCH3 is 1. The van der Waals surface area contributed by atoms with Crippen LogP contribution in [0.4, 0.5) is 0 Å². The zero-order chi connectivity index (χ0) is 12.1. The average molecular weight is 262 g/mol. The molecule has 5 heteroatoms. The number of carbonyl (C=O) groups is 1. The Balaban J connectivity index is 2.82. The van der Waals surface area contributed by atoms with E-state index in [1.807, 2.05) is 0 Å². The molecule has 0 fully saturated rings. The van der Waals surface area contributed by atoms with Crippen LogP contribution in [0.5, 0.6) is 5.75 Å². The largest absolute Gasteiger partial charge is 0.496 e. The molecular formula is C11H13Cl2NO2. The summed E-state index contributed by atoms with van der Waals surface area (Å²) >= 11 is 11.5. The van der Waals surface area contributed by atoms with E-state index in [9.17, 15) is 4.79 Å². The lowest BCUT2D eigenvalue weighted by Crippen LogP contribution is -2.28. The van der Waals surface area contributed by atoms with Gasteiger partial charge in [-0.25, -0.2) is 0 Å². The molecule has 0 saturated carbocycles. The zero-order valence-corrected chi connectivity index (χ0v) is 10.6. The summed E-state index contributed by atoms with van der Waals surface area (Å²) in [4.78, 5) is 11.7. The fraction of sp³-hybridized carbons (Fsp3) is 0.364. The van der Waals surface area contributed by atoms with Crippen LogP contribution in [-0.2, 0) is 0 Å². The van der Waals surface area contributed by atoms with Gasteiger partial charge in [-0.3, -0.25) is 4.79 Å². The summed E-state index contributed by atoms with van der Waals surface area (Å²) in [5.74, 6) is 0.230. The molecule has 0 aliphatic heterocycles. The molecule has 3 nitrogen and oxygen atoms in total. The van der Waals surface area contributed by atoms with Crippen molar-refractivity contribution in [2.75, 3.05) is 13.7 Å². The van der Waals surface area contributed by atoms with Crippen LogP contribution in [0, 0.1) is 0 Å². The number of rotatable bonds is 4. The molecule has 0 spiro atoms. The summed E-state index contributed by atoms with van der Waals surface area (Å²) in [6.45, 7) is 2.22. The van der Waals surface area contributed by atoms with Gasteiger partial charge in [0.1, 0.15) is 5.75 Å². The van der Waals surface area contributed by atoms with Crippen molar-refractivity contribution in [1.82, 2.24) is 5.32 Å². The minimum atomic E-state index is -0.221. The summed E-state index contributed by atoms with van der Waals surface area (Å²) < 4.78 is 5.08. The van der Waals surface area contributed by atoms with Crippen LogP contribution in [-0.4, -0.2) is 24.9 Å². The lowest BCUT2D eigenvalue weighted by atomic mass is 10.2. The summed E-state index contributed by atoms with van der Waals surface area (Å²) in [5, 5.41) is 3.12. The number of ether oxygens (including phenoxy) is 1. The highest BCUT2D eigenvalue weighted by Crippen LogP contribution is 2.22. The Morgan fingerprint density at radius 1 is 1.56 bits per heavy atom. The second-order valence-corrected chi connectivity index (χ2v) is 4.52. The third kappa shape index (κ3) is 3.58. The molecular weight excluding hydrogens is 249 g/mol. The molecule has 0 heterocycles. The summed E-state index contributed by atoms with van der Waals surface area (Å²) in [7, 11) is 1.49. The number of hydrogen-bond acceptors (Lipinski definition) is 2. The number of halogens is 2. The van der Waals surface area contributed by atoms with Gasteiger partial charge in [0.2, 0.25) is 0 Å². The highest BCUT2D eigenvalue weighted by molar-refractivity contribution is 6.30. The standard InChI is InChI=1S/C11H13Cl2NO2/c1-7(12)6-14-11(15)9-4-3-8(13)5-10(9)16-2/h3-5,7H,6H2,1-2H3,(H,14,15). The van der Waals surface area contributed by atoms with Crippen molar-refractivity contribution in [2.45, 2.75) is 12.3 Å². The van der Waals surface area contributed by atoms with Gasteiger partial charge in [0.05, 0.1) is 12.7 Å². The molecule has 0 aromatic heterocycles. The maximum Gasteiger partial charge on any atom is 0.255 e. The predicted octanol–water partition coefficient (Wildman–Crippen LogP) is 2.71. The Morgan fingerprint density at radius 3 is 2.81 bits per heavy atom. The van der Waals surface area contributed by atoms with Crippen molar-refractivity contribution in [3.05, 3.63) is 28.8 Å². The van der Waals surface area contributed by atoms with Crippen molar-refractivity contribution in [3.8, 4) is 5.75 Å². The van der Waals surface area contributed by atoms with Crippen LogP contribution in [0.1, 0.15) is 17.3 Å². The molecule has 0 aliphatic rings. The summed E-state index contributed by atoms with van der Waals surface area (Å²) in [5.41, 5.74) is 0.448. The highest BCUT2D eigenvalue weighted by atomic mass is 35.5. The van der Waals surface area contributed by atoms with Crippen LogP contribution in [0.3, 0.4) is 0 Å². The molecule has 88 valence electrons. The minimum absolute atomic E-state index is 0.109. The van der Waals surface area contributed by atoms with E-state index in [1.54, 1.807) is 25.1 Å².